The maximum absolute atomic E-state index is 13.7. The summed E-state index contributed by atoms with van der Waals surface area (Å²) in [6.45, 7) is 3.83. The minimum atomic E-state index is -3.33. The van der Waals surface area contributed by atoms with Crippen molar-refractivity contribution in [2.24, 2.45) is 5.92 Å². The third kappa shape index (κ3) is 4.64. The Labute approximate surface area is 219 Å². The van der Waals surface area contributed by atoms with Crippen molar-refractivity contribution in [2.75, 3.05) is 11.1 Å². The van der Waals surface area contributed by atoms with Crippen LogP contribution in [0, 0.1) is 5.92 Å². The molecule has 0 saturated heterocycles. The van der Waals surface area contributed by atoms with Gasteiger partial charge in [0.05, 0.1) is 34.8 Å². The maximum Gasteiger partial charge on any atom is 0.295 e. The van der Waals surface area contributed by atoms with Crippen LogP contribution in [0.15, 0.2) is 46.6 Å². The molecule has 0 spiro atoms. The molecule has 0 aromatic carbocycles. The van der Waals surface area contributed by atoms with Gasteiger partial charge in [-0.1, -0.05) is 6.92 Å². The third-order valence-electron chi connectivity index (χ3n) is 7.22. The van der Waals surface area contributed by atoms with Gasteiger partial charge in [0, 0.05) is 30.6 Å². The zero-order chi connectivity index (χ0) is 26.4. The normalized spacial score (nSPS) is 16.5. The van der Waals surface area contributed by atoms with Crippen LogP contribution in [-0.2, 0) is 16.4 Å². The van der Waals surface area contributed by atoms with Crippen molar-refractivity contribution in [3.63, 3.8) is 0 Å². The molecule has 2 aliphatic rings. The van der Waals surface area contributed by atoms with E-state index in [2.05, 4.69) is 30.2 Å². The number of aromatic nitrogens is 7. The Kier molecular flexibility index (Phi) is 6.13. The molecule has 0 unspecified atom stereocenters. The Morgan fingerprint density at radius 3 is 2.50 bits per heavy atom. The van der Waals surface area contributed by atoms with E-state index in [0.717, 1.165) is 31.4 Å². The number of anilines is 1. The van der Waals surface area contributed by atoms with Gasteiger partial charge in [-0.2, -0.15) is 0 Å². The molecule has 11 nitrogen and oxygen atoms in total. The monoisotopic (exact) mass is 532 g/mol. The molecule has 196 valence electrons. The minimum absolute atomic E-state index is 0.00744. The first-order chi connectivity index (χ1) is 18.4. The number of sulfone groups is 1. The lowest BCUT2D eigenvalue weighted by molar-refractivity contribution is 0.482. The summed E-state index contributed by atoms with van der Waals surface area (Å²) in [5, 5.41) is 3.08. The molecule has 4 aromatic heterocycles. The van der Waals surface area contributed by atoms with Gasteiger partial charge in [-0.25, -0.2) is 23.4 Å². The quantitative estimate of drug-likeness (QED) is 0.341. The smallest absolute Gasteiger partial charge is 0.295 e. The van der Waals surface area contributed by atoms with Crippen molar-refractivity contribution in [3.05, 3.63) is 58.7 Å². The fourth-order valence-electron chi connectivity index (χ4n) is 4.62. The van der Waals surface area contributed by atoms with Crippen LogP contribution < -0.4 is 10.9 Å². The Balaban J connectivity index is 1.37. The van der Waals surface area contributed by atoms with Crippen LogP contribution in [0.2, 0.25) is 0 Å². The molecule has 6 rings (SSSR count). The van der Waals surface area contributed by atoms with Gasteiger partial charge in [0.25, 0.3) is 5.56 Å². The first-order valence-corrected chi connectivity index (χ1v) is 14.5. The van der Waals surface area contributed by atoms with Gasteiger partial charge >= 0.3 is 0 Å². The number of hydrogen-bond acceptors (Lipinski definition) is 10. The molecule has 2 saturated carbocycles. The van der Waals surface area contributed by atoms with E-state index in [9.17, 15) is 13.2 Å². The third-order valence-corrected chi connectivity index (χ3v) is 8.94. The van der Waals surface area contributed by atoms with E-state index in [1.54, 1.807) is 36.1 Å². The summed E-state index contributed by atoms with van der Waals surface area (Å²) < 4.78 is 25.8. The van der Waals surface area contributed by atoms with Gasteiger partial charge in [0.15, 0.2) is 26.9 Å². The molecule has 0 bridgehead atoms. The fraction of sp³-hybridized carbons (Fsp3) is 0.423. The molecule has 0 amide bonds. The van der Waals surface area contributed by atoms with Gasteiger partial charge in [-0.15, -0.1) is 0 Å². The van der Waals surface area contributed by atoms with Crippen LogP contribution in [0.3, 0.4) is 0 Å². The van der Waals surface area contributed by atoms with E-state index in [-0.39, 0.29) is 34.6 Å². The summed E-state index contributed by atoms with van der Waals surface area (Å²) in [6.07, 6.45) is 10.6. The number of fused-ring (bicyclic) bond motifs is 1. The van der Waals surface area contributed by atoms with E-state index >= 15 is 0 Å². The molecule has 4 aromatic rings. The molecular weight excluding hydrogens is 504 g/mol. The summed E-state index contributed by atoms with van der Waals surface area (Å²) in [4.78, 5) is 41.1. The highest BCUT2D eigenvalue weighted by atomic mass is 32.2. The Hall–Kier alpha value is -3.80. The number of nitrogens with zero attached hydrogens (tertiary/aromatic N) is 7. The zero-order valence-electron chi connectivity index (χ0n) is 21.2. The highest BCUT2D eigenvalue weighted by Gasteiger charge is 2.33. The summed E-state index contributed by atoms with van der Waals surface area (Å²) >= 11 is 0. The van der Waals surface area contributed by atoms with E-state index in [0.29, 0.717) is 40.2 Å². The Morgan fingerprint density at radius 1 is 1.03 bits per heavy atom. The van der Waals surface area contributed by atoms with Crippen molar-refractivity contribution < 1.29 is 8.42 Å². The van der Waals surface area contributed by atoms with Crippen molar-refractivity contribution >= 4 is 26.9 Å². The first-order valence-electron chi connectivity index (χ1n) is 12.9. The highest BCUT2D eigenvalue weighted by molar-refractivity contribution is 7.91. The van der Waals surface area contributed by atoms with Gasteiger partial charge in [-0.05, 0) is 50.7 Å². The summed E-state index contributed by atoms with van der Waals surface area (Å²) in [5.74, 6) is 0.938. The second-order valence-corrected chi connectivity index (χ2v) is 12.2. The Morgan fingerprint density at radius 2 is 1.82 bits per heavy atom. The molecule has 12 heteroatoms. The summed E-state index contributed by atoms with van der Waals surface area (Å²) in [5.41, 5.74) is 3.29. The standard InChI is InChI=1S/C26H28N8O3S/c1-3-38(36,37)19-9-8-18(29-13-19)12-30-24-26(35)34(15(2)16-4-5-16)25-23(33-24)31-14-20(32-25)22-21(17-6-7-17)27-10-11-28-22/h8-11,13-17H,3-7,12H2,1-2H3,(H,30,31,33)/t15-/m0/s1. The van der Waals surface area contributed by atoms with Gasteiger partial charge < -0.3 is 5.32 Å². The second kappa shape index (κ2) is 9.50. The lowest BCUT2D eigenvalue weighted by Crippen LogP contribution is -2.29. The molecule has 0 aliphatic heterocycles. The molecule has 38 heavy (non-hydrogen) atoms. The largest absolute Gasteiger partial charge is 0.360 e. The molecule has 2 fully saturated rings. The molecular formula is C26H28N8O3S. The van der Waals surface area contributed by atoms with E-state index < -0.39 is 9.84 Å². The molecule has 1 atom stereocenters. The van der Waals surface area contributed by atoms with Crippen molar-refractivity contribution in [1.82, 2.24) is 34.5 Å². The van der Waals surface area contributed by atoms with Crippen LogP contribution in [0.25, 0.3) is 22.7 Å². The van der Waals surface area contributed by atoms with Crippen LogP contribution in [0.5, 0.6) is 0 Å². The van der Waals surface area contributed by atoms with E-state index in [4.69, 9.17) is 4.98 Å². The molecule has 2 aliphatic carbocycles. The molecule has 4 heterocycles. The van der Waals surface area contributed by atoms with Crippen molar-refractivity contribution in [1.29, 1.82) is 0 Å². The van der Waals surface area contributed by atoms with Gasteiger partial charge in [-0.3, -0.25) is 24.3 Å². The SMILES string of the molecule is CCS(=O)(=O)c1ccc(CNc2nc3ncc(-c4nccnc4C4CC4)nc3n([C@@H](C)C3CC3)c2=O)nc1. The fourth-order valence-corrected chi connectivity index (χ4v) is 5.44. The van der Waals surface area contributed by atoms with Crippen LogP contribution >= 0.6 is 0 Å². The van der Waals surface area contributed by atoms with E-state index in [1.807, 2.05) is 6.92 Å². The topological polar surface area (TPSA) is 146 Å². The van der Waals surface area contributed by atoms with Gasteiger partial charge in [0.2, 0.25) is 0 Å². The van der Waals surface area contributed by atoms with Crippen LogP contribution in [-0.4, -0.2) is 48.6 Å². The number of hydrogen-bond donors (Lipinski definition) is 1. The number of pyridine rings is 1. The molecule has 0 radical (unpaired) electrons. The zero-order valence-corrected chi connectivity index (χ0v) is 22.0. The lowest BCUT2D eigenvalue weighted by Gasteiger charge is -2.18. The number of nitrogens with one attached hydrogen (secondary N) is 1. The summed E-state index contributed by atoms with van der Waals surface area (Å²) in [7, 11) is -3.33. The highest BCUT2D eigenvalue weighted by Crippen LogP contribution is 2.42. The predicted molar refractivity (Wildman–Crippen MR) is 141 cm³/mol. The second-order valence-electron chi connectivity index (χ2n) is 9.92. The van der Waals surface area contributed by atoms with Gasteiger partial charge in [0.1, 0.15) is 11.4 Å². The lowest BCUT2D eigenvalue weighted by atomic mass is 10.1. The van der Waals surface area contributed by atoms with Crippen LogP contribution in [0.1, 0.15) is 62.9 Å². The minimum Gasteiger partial charge on any atom is -0.360 e. The predicted octanol–water partition coefficient (Wildman–Crippen LogP) is 3.29. The molecule has 1 N–H and O–H groups in total. The first kappa shape index (κ1) is 24.5. The Bertz CT molecular complexity index is 1680. The van der Waals surface area contributed by atoms with E-state index in [1.165, 1.54) is 12.3 Å². The summed E-state index contributed by atoms with van der Waals surface area (Å²) in [6, 6.07) is 3.09. The van der Waals surface area contributed by atoms with Crippen molar-refractivity contribution in [3.8, 4) is 11.4 Å². The number of rotatable bonds is 9. The maximum atomic E-state index is 13.7. The van der Waals surface area contributed by atoms with Crippen molar-refractivity contribution in [2.45, 2.75) is 62.9 Å². The average Bonchev–Trinajstić information content (AvgIpc) is 3.85. The average molecular weight is 533 g/mol. The van der Waals surface area contributed by atoms with Crippen LogP contribution in [0.4, 0.5) is 5.82 Å².